The zero-order valence-electron chi connectivity index (χ0n) is 14.0. The van der Waals surface area contributed by atoms with Crippen LogP contribution in [0, 0.1) is 12.8 Å². The molecular weight excluding hydrogens is 300 g/mol. The maximum absolute atomic E-state index is 12.3. The van der Waals surface area contributed by atoms with Crippen LogP contribution in [0.4, 0.5) is 0 Å². The van der Waals surface area contributed by atoms with Gasteiger partial charge in [0.1, 0.15) is 11.5 Å². The molecule has 0 bridgehead atoms. The van der Waals surface area contributed by atoms with Crippen molar-refractivity contribution in [2.24, 2.45) is 11.7 Å². The number of para-hydroxylation sites is 1. The topological polar surface area (TPSA) is 64.3 Å². The second kappa shape index (κ2) is 7.49. The fourth-order valence-electron chi connectivity index (χ4n) is 3.06. The number of nitrogens with two attached hydrogens (primary N) is 1. The minimum Gasteiger partial charge on any atom is -0.457 e. The molecular formula is C20H24N2O2. The normalized spacial score (nSPS) is 19.9. The van der Waals surface area contributed by atoms with E-state index in [2.05, 4.69) is 5.32 Å². The molecule has 0 heterocycles. The molecule has 0 spiro atoms. The standard InChI is InChI=1S/C20H24N2O2/c1-14-6-10-18(11-7-14)24-19-5-3-2-4-16(19)13-22-20(23)15-8-9-17(21)12-15/h2-7,10-11,15,17H,8-9,12-13,21H2,1H3,(H,22,23). The maximum Gasteiger partial charge on any atom is 0.223 e. The van der Waals surface area contributed by atoms with Gasteiger partial charge in [-0.15, -0.1) is 0 Å². The average Bonchev–Trinajstić information content (AvgIpc) is 3.02. The minimum absolute atomic E-state index is 0.0465. The number of nitrogens with one attached hydrogen (secondary N) is 1. The summed E-state index contributed by atoms with van der Waals surface area (Å²) in [6.45, 7) is 2.51. The molecule has 4 nitrogen and oxygen atoms in total. The highest BCUT2D eigenvalue weighted by Gasteiger charge is 2.27. The summed E-state index contributed by atoms with van der Waals surface area (Å²) in [4.78, 5) is 12.3. The summed E-state index contributed by atoms with van der Waals surface area (Å²) in [5.41, 5.74) is 8.05. The number of aryl methyl sites for hydroxylation is 1. The van der Waals surface area contributed by atoms with Crippen LogP contribution in [0.15, 0.2) is 48.5 Å². The fraction of sp³-hybridized carbons (Fsp3) is 0.350. The summed E-state index contributed by atoms with van der Waals surface area (Å²) in [5.74, 6) is 1.70. The van der Waals surface area contributed by atoms with Crippen LogP contribution in [0.3, 0.4) is 0 Å². The minimum atomic E-state index is 0.0465. The monoisotopic (exact) mass is 324 g/mol. The van der Waals surface area contributed by atoms with E-state index < -0.39 is 0 Å². The van der Waals surface area contributed by atoms with Gasteiger partial charge in [0.2, 0.25) is 5.91 Å². The number of hydrogen-bond donors (Lipinski definition) is 2. The summed E-state index contributed by atoms with van der Waals surface area (Å²) in [5, 5.41) is 3.02. The van der Waals surface area contributed by atoms with Gasteiger partial charge in [-0.25, -0.2) is 0 Å². The third-order valence-electron chi connectivity index (χ3n) is 4.52. The summed E-state index contributed by atoms with van der Waals surface area (Å²) in [6, 6.07) is 15.9. The molecule has 2 unspecified atom stereocenters. The molecule has 1 aliphatic carbocycles. The van der Waals surface area contributed by atoms with E-state index in [1.807, 2.05) is 55.5 Å². The van der Waals surface area contributed by atoms with Gasteiger partial charge in [0.15, 0.2) is 0 Å². The first-order chi connectivity index (χ1) is 11.6. The van der Waals surface area contributed by atoms with Crippen molar-refractivity contribution in [1.82, 2.24) is 5.32 Å². The lowest BCUT2D eigenvalue weighted by Gasteiger charge is -2.14. The van der Waals surface area contributed by atoms with Gasteiger partial charge < -0.3 is 15.8 Å². The highest BCUT2D eigenvalue weighted by atomic mass is 16.5. The van der Waals surface area contributed by atoms with Crippen molar-refractivity contribution in [3.63, 3.8) is 0 Å². The van der Waals surface area contributed by atoms with Crippen molar-refractivity contribution < 1.29 is 9.53 Å². The molecule has 0 aromatic heterocycles. The largest absolute Gasteiger partial charge is 0.457 e. The average molecular weight is 324 g/mol. The van der Waals surface area contributed by atoms with E-state index >= 15 is 0 Å². The second-order valence-corrected chi connectivity index (χ2v) is 6.51. The molecule has 2 atom stereocenters. The van der Waals surface area contributed by atoms with Crippen LogP contribution in [-0.2, 0) is 11.3 Å². The molecule has 1 amide bonds. The zero-order valence-corrected chi connectivity index (χ0v) is 14.0. The summed E-state index contributed by atoms with van der Waals surface area (Å²) in [7, 11) is 0. The Morgan fingerprint density at radius 2 is 1.92 bits per heavy atom. The highest BCUT2D eigenvalue weighted by molar-refractivity contribution is 5.79. The first kappa shape index (κ1) is 16.5. The Morgan fingerprint density at radius 3 is 2.62 bits per heavy atom. The molecule has 1 aliphatic rings. The molecule has 2 aromatic rings. The van der Waals surface area contributed by atoms with Crippen LogP contribution in [-0.4, -0.2) is 11.9 Å². The van der Waals surface area contributed by atoms with Crippen LogP contribution in [0.2, 0.25) is 0 Å². The van der Waals surface area contributed by atoms with Gasteiger partial charge >= 0.3 is 0 Å². The summed E-state index contributed by atoms with van der Waals surface area (Å²) < 4.78 is 5.97. The molecule has 0 radical (unpaired) electrons. The molecule has 1 saturated carbocycles. The summed E-state index contributed by atoms with van der Waals surface area (Å²) in [6.07, 6.45) is 2.60. The Balaban J connectivity index is 1.63. The second-order valence-electron chi connectivity index (χ2n) is 6.51. The van der Waals surface area contributed by atoms with Crippen molar-refractivity contribution >= 4 is 5.91 Å². The molecule has 0 saturated heterocycles. The van der Waals surface area contributed by atoms with Crippen LogP contribution in [0.1, 0.15) is 30.4 Å². The molecule has 1 fully saturated rings. The van der Waals surface area contributed by atoms with E-state index in [0.29, 0.717) is 6.54 Å². The zero-order chi connectivity index (χ0) is 16.9. The number of ether oxygens (including phenoxy) is 1. The molecule has 0 aliphatic heterocycles. The molecule has 4 heteroatoms. The van der Waals surface area contributed by atoms with E-state index in [9.17, 15) is 4.79 Å². The van der Waals surface area contributed by atoms with Crippen LogP contribution in [0.5, 0.6) is 11.5 Å². The van der Waals surface area contributed by atoms with Crippen molar-refractivity contribution in [2.75, 3.05) is 0 Å². The first-order valence-corrected chi connectivity index (χ1v) is 8.47. The molecule has 2 aromatic carbocycles. The van der Waals surface area contributed by atoms with Gasteiger partial charge in [-0.05, 0) is 44.4 Å². The Morgan fingerprint density at radius 1 is 1.17 bits per heavy atom. The summed E-state index contributed by atoms with van der Waals surface area (Å²) >= 11 is 0. The quantitative estimate of drug-likeness (QED) is 0.884. The Hall–Kier alpha value is -2.33. The van der Waals surface area contributed by atoms with Crippen LogP contribution >= 0.6 is 0 Å². The number of hydrogen-bond acceptors (Lipinski definition) is 3. The van der Waals surface area contributed by atoms with E-state index in [-0.39, 0.29) is 17.9 Å². The van der Waals surface area contributed by atoms with Crippen molar-refractivity contribution in [3.05, 3.63) is 59.7 Å². The predicted octanol–water partition coefficient (Wildman–Crippen LogP) is 3.53. The van der Waals surface area contributed by atoms with Crippen molar-refractivity contribution in [1.29, 1.82) is 0 Å². The number of carbonyl (C=O) groups excluding carboxylic acids is 1. The van der Waals surface area contributed by atoms with Gasteiger partial charge in [-0.2, -0.15) is 0 Å². The molecule has 3 rings (SSSR count). The lowest BCUT2D eigenvalue weighted by molar-refractivity contribution is -0.125. The van der Waals surface area contributed by atoms with Gasteiger partial charge in [-0.1, -0.05) is 35.9 Å². The van der Waals surface area contributed by atoms with E-state index in [0.717, 1.165) is 36.3 Å². The van der Waals surface area contributed by atoms with Crippen molar-refractivity contribution in [3.8, 4) is 11.5 Å². The Labute approximate surface area is 143 Å². The molecule has 3 N–H and O–H groups in total. The van der Waals surface area contributed by atoms with Gasteiger partial charge in [-0.3, -0.25) is 4.79 Å². The fourth-order valence-corrected chi connectivity index (χ4v) is 3.06. The molecule has 24 heavy (non-hydrogen) atoms. The highest BCUT2D eigenvalue weighted by Crippen LogP contribution is 2.27. The van der Waals surface area contributed by atoms with Gasteiger partial charge in [0, 0.05) is 24.1 Å². The lowest BCUT2D eigenvalue weighted by Crippen LogP contribution is -2.30. The third-order valence-corrected chi connectivity index (χ3v) is 4.52. The van der Waals surface area contributed by atoms with Crippen molar-refractivity contribution in [2.45, 2.75) is 38.8 Å². The maximum atomic E-state index is 12.3. The molecule has 126 valence electrons. The lowest BCUT2D eigenvalue weighted by atomic mass is 10.1. The van der Waals surface area contributed by atoms with Crippen LogP contribution in [0.25, 0.3) is 0 Å². The van der Waals surface area contributed by atoms with Gasteiger partial charge in [0.25, 0.3) is 0 Å². The van der Waals surface area contributed by atoms with E-state index in [1.54, 1.807) is 0 Å². The Bertz CT molecular complexity index is 697. The third kappa shape index (κ3) is 4.15. The first-order valence-electron chi connectivity index (χ1n) is 8.47. The van der Waals surface area contributed by atoms with E-state index in [4.69, 9.17) is 10.5 Å². The number of amides is 1. The van der Waals surface area contributed by atoms with Gasteiger partial charge in [0.05, 0.1) is 0 Å². The SMILES string of the molecule is Cc1ccc(Oc2ccccc2CNC(=O)C2CCC(N)C2)cc1. The number of carbonyl (C=O) groups is 1. The van der Waals surface area contributed by atoms with E-state index in [1.165, 1.54) is 5.56 Å². The Kier molecular flexibility index (Phi) is 5.16. The predicted molar refractivity (Wildman–Crippen MR) is 94.9 cm³/mol. The smallest absolute Gasteiger partial charge is 0.223 e. The number of benzene rings is 2. The number of rotatable bonds is 5. The van der Waals surface area contributed by atoms with Crippen LogP contribution < -0.4 is 15.8 Å².